The summed E-state index contributed by atoms with van der Waals surface area (Å²) in [6, 6.07) is 0.660. The van der Waals surface area contributed by atoms with Gasteiger partial charge < -0.3 is 10.6 Å². The number of unbranched alkanes of at least 4 members (excludes halogenated alkanes) is 1. The summed E-state index contributed by atoms with van der Waals surface area (Å²) in [4.78, 5) is 24.4. The van der Waals surface area contributed by atoms with Crippen LogP contribution >= 0.6 is 0 Å². The molecule has 0 atom stereocenters. The molecule has 2 rings (SSSR count). The number of nitrogens with one attached hydrogen (secondary N) is 2. The fraction of sp³-hybridized carbons (Fsp3) is 0.727. The van der Waals surface area contributed by atoms with Crippen LogP contribution in [0.4, 0.5) is 0 Å². The third-order valence-electron chi connectivity index (χ3n) is 5.73. The Bertz CT molecular complexity index is 454. The van der Waals surface area contributed by atoms with Crippen LogP contribution in [0, 0.1) is 0 Å². The molecule has 0 aromatic heterocycles. The van der Waals surface area contributed by atoms with Crippen LogP contribution in [-0.4, -0.2) is 23.9 Å². The molecule has 0 saturated heterocycles. The van der Waals surface area contributed by atoms with Crippen molar-refractivity contribution in [3.8, 4) is 0 Å². The Morgan fingerprint density at radius 3 is 1.35 bits per heavy atom. The Balaban J connectivity index is 1.56. The van der Waals surface area contributed by atoms with Crippen molar-refractivity contribution in [3.63, 3.8) is 0 Å². The predicted molar refractivity (Wildman–Crippen MR) is 107 cm³/mol. The van der Waals surface area contributed by atoms with E-state index >= 15 is 0 Å². The molecule has 0 aromatic carbocycles. The molecule has 4 heteroatoms. The summed E-state index contributed by atoms with van der Waals surface area (Å²) in [6.45, 7) is 7.87. The Hall–Kier alpha value is -1.58. The van der Waals surface area contributed by atoms with Crippen molar-refractivity contribution in [3.05, 3.63) is 24.3 Å². The molecule has 2 saturated carbocycles. The second-order valence-electron chi connectivity index (χ2n) is 8.03. The van der Waals surface area contributed by atoms with Crippen molar-refractivity contribution < 1.29 is 9.59 Å². The highest BCUT2D eigenvalue weighted by Gasteiger charge is 2.18. The van der Waals surface area contributed by atoms with Crippen molar-refractivity contribution >= 4 is 11.8 Å². The molecule has 0 spiro atoms. The molecular weight excluding hydrogens is 324 g/mol. The molecule has 0 radical (unpaired) electrons. The lowest BCUT2D eigenvalue weighted by Crippen LogP contribution is -2.37. The molecule has 2 N–H and O–H groups in total. The molecule has 2 aliphatic rings. The highest BCUT2D eigenvalue weighted by molar-refractivity contribution is 5.93. The Kier molecular flexibility index (Phi) is 8.93. The third-order valence-corrected chi connectivity index (χ3v) is 5.73. The lowest BCUT2D eigenvalue weighted by molar-refractivity contribution is -0.119. The Labute approximate surface area is 158 Å². The predicted octanol–water partition coefficient (Wildman–Crippen LogP) is 4.56. The van der Waals surface area contributed by atoms with E-state index in [0.29, 0.717) is 36.1 Å². The van der Waals surface area contributed by atoms with Crippen LogP contribution in [0.1, 0.15) is 89.9 Å². The van der Waals surface area contributed by atoms with E-state index in [9.17, 15) is 9.59 Å². The standard InChI is InChI=1S/C22H36N2O2/c1-17(21(25)23-19-13-5-3-6-14-19)11-9-10-12-18(2)22(26)24-20-15-7-4-8-16-20/h19-20H,1-16H2,(H,23,25)(H,24,26). The van der Waals surface area contributed by atoms with E-state index in [2.05, 4.69) is 23.8 Å². The molecule has 146 valence electrons. The lowest BCUT2D eigenvalue weighted by atomic mass is 9.95. The summed E-state index contributed by atoms with van der Waals surface area (Å²) in [5.41, 5.74) is 1.32. The van der Waals surface area contributed by atoms with Crippen LogP contribution < -0.4 is 10.6 Å². The van der Waals surface area contributed by atoms with Gasteiger partial charge in [-0.05, 0) is 51.4 Å². The van der Waals surface area contributed by atoms with Gasteiger partial charge in [-0.3, -0.25) is 9.59 Å². The maximum atomic E-state index is 12.2. The van der Waals surface area contributed by atoms with Crippen molar-refractivity contribution in [2.75, 3.05) is 0 Å². The van der Waals surface area contributed by atoms with Crippen LogP contribution in [0.3, 0.4) is 0 Å². The minimum Gasteiger partial charge on any atom is -0.350 e. The zero-order chi connectivity index (χ0) is 18.8. The van der Waals surface area contributed by atoms with Crippen LogP contribution in [-0.2, 0) is 9.59 Å². The normalized spacial score (nSPS) is 18.9. The molecule has 0 aliphatic heterocycles. The molecule has 2 fully saturated rings. The lowest BCUT2D eigenvalue weighted by Gasteiger charge is -2.23. The van der Waals surface area contributed by atoms with Gasteiger partial charge in [0.05, 0.1) is 0 Å². The first-order valence-corrected chi connectivity index (χ1v) is 10.5. The summed E-state index contributed by atoms with van der Waals surface area (Å²) >= 11 is 0. The first kappa shape index (κ1) is 20.7. The van der Waals surface area contributed by atoms with E-state index in [1.165, 1.54) is 38.5 Å². The van der Waals surface area contributed by atoms with Crippen LogP contribution in [0.25, 0.3) is 0 Å². The first-order chi connectivity index (χ1) is 12.6. The summed E-state index contributed by atoms with van der Waals surface area (Å²) < 4.78 is 0. The minimum atomic E-state index is 0.00534. The number of amides is 2. The van der Waals surface area contributed by atoms with Gasteiger partial charge in [0.1, 0.15) is 0 Å². The molecule has 2 amide bonds. The molecule has 26 heavy (non-hydrogen) atoms. The van der Waals surface area contributed by atoms with Crippen molar-refractivity contribution in [2.45, 2.75) is 102 Å². The third kappa shape index (κ3) is 7.35. The summed E-state index contributed by atoms with van der Waals surface area (Å²) in [7, 11) is 0. The average Bonchev–Trinajstić information content (AvgIpc) is 2.66. The Morgan fingerprint density at radius 2 is 1.00 bits per heavy atom. The van der Waals surface area contributed by atoms with Crippen LogP contribution in [0.2, 0.25) is 0 Å². The molecular formula is C22H36N2O2. The van der Waals surface area contributed by atoms with Gasteiger partial charge in [0, 0.05) is 23.2 Å². The van der Waals surface area contributed by atoms with Gasteiger partial charge in [0.15, 0.2) is 0 Å². The first-order valence-electron chi connectivity index (χ1n) is 10.5. The SMILES string of the molecule is C=C(CCCCC(=C)C(=O)NC1CCCCC1)C(=O)NC1CCCCC1. The monoisotopic (exact) mass is 360 g/mol. The smallest absolute Gasteiger partial charge is 0.246 e. The van der Waals surface area contributed by atoms with Crippen molar-refractivity contribution in [1.82, 2.24) is 10.6 Å². The van der Waals surface area contributed by atoms with Crippen LogP contribution in [0.5, 0.6) is 0 Å². The summed E-state index contributed by atoms with van der Waals surface area (Å²) in [6.07, 6.45) is 14.9. The van der Waals surface area contributed by atoms with E-state index in [-0.39, 0.29) is 11.8 Å². The van der Waals surface area contributed by atoms with Gasteiger partial charge in [-0.25, -0.2) is 0 Å². The summed E-state index contributed by atoms with van der Waals surface area (Å²) in [5.74, 6) is 0.0107. The van der Waals surface area contributed by atoms with Gasteiger partial charge in [0.2, 0.25) is 11.8 Å². The zero-order valence-electron chi connectivity index (χ0n) is 16.3. The second kappa shape index (κ2) is 11.2. The largest absolute Gasteiger partial charge is 0.350 e. The summed E-state index contributed by atoms with van der Waals surface area (Å²) in [5, 5.41) is 6.22. The number of carbonyl (C=O) groups is 2. The Morgan fingerprint density at radius 1 is 0.654 bits per heavy atom. The van der Waals surface area contributed by atoms with Crippen molar-refractivity contribution in [2.24, 2.45) is 0 Å². The van der Waals surface area contributed by atoms with E-state index in [1.807, 2.05) is 0 Å². The highest BCUT2D eigenvalue weighted by atomic mass is 16.2. The number of carbonyl (C=O) groups excluding carboxylic acids is 2. The van der Waals surface area contributed by atoms with E-state index in [1.54, 1.807) is 0 Å². The van der Waals surface area contributed by atoms with Gasteiger partial charge in [-0.1, -0.05) is 51.7 Å². The van der Waals surface area contributed by atoms with E-state index in [0.717, 1.165) is 38.5 Å². The van der Waals surface area contributed by atoms with Gasteiger partial charge in [-0.15, -0.1) is 0 Å². The topological polar surface area (TPSA) is 58.2 Å². The molecule has 2 aliphatic carbocycles. The average molecular weight is 361 g/mol. The van der Waals surface area contributed by atoms with Gasteiger partial charge >= 0.3 is 0 Å². The fourth-order valence-corrected chi connectivity index (χ4v) is 3.97. The number of hydrogen-bond donors (Lipinski definition) is 2. The van der Waals surface area contributed by atoms with E-state index in [4.69, 9.17) is 0 Å². The number of rotatable bonds is 9. The minimum absolute atomic E-state index is 0.00534. The number of hydrogen-bond acceptors (Lipinski definition) is 2. The van der Waals surface area contributed by atoms with E-state index < -0.39 is 0 Å². The van der Waals surface area contributed by atoms with Crippen molar-refractivity contribution in [1.29, 1.82) is 0 Å². The molecule has 0 heterocycles. The van der Waals surface area contributed by atoms with Crippen LogP contribution in [0.15, 0.2) is 24.3 Å². The maximum Gasteiger partial charge on any atom is 0.246 e. The molecule has 0 bridgehead atoms. The fourth-order valence-electron chi connectivity index (χ4n) is 3.97. The van der Waals surface area contributed by atoms with Gasteiger partial charge in [-0.2, -0.15) is 0 Å². The molecule has 4 nitrogen and oxygen atoms in total. The quantitative estimate of drug-likeness (QED) is 0.468. The zero-order valence-corrected chi connectivity index (χ0v) is 16.3. The second-order valence-corrected chi connectivity index (χ2v) is 8.03. The highest BCUT2D eigenvalue weighted by Crippen LogP contribution is 2.19. The maximum absolute atomic E-state index is 12.2. The molecule has 0 unspecified atom stereocenters. The molecule has 0 aromatic rings. The van der Waals surface area contributed by atoms with Gasteiger partial charge in [0.25, 0.3) is 0 Å².